The molecule has 33 heavy (non-hydrogen) atoms. The maximum Gasteiger partial charge on any atom is 0.181 e. The summed E-state index contributed by atoms with van der Waals surface area (Å²) in [4.78, 5) is 0. The molecule has 4 nitrogen and oxygen atoms in total. The summed E-state index contributed by atoms with van der Waals surface area (Å²) >= 11 is 0. The van der Waals surface area contributed by atoms with Gasteiger partial charge >= 0.3 is 0 Å². The molecule has 0 aromatic heterocycles. The van der Waals surface area contributed by atoms with Crippen LogP contribution in [0.15, 0.2) is 42.5 Å². The first-order valence-electron chi connectivity index (χ1n) is 12.4. The Morgan fingerprint density at radius 1 is 0.848 bits per heavy atom. The Kier molecular flexibility index (Phi) is 3.11. The van der Waals surface area contributed by atoms with E-state index in [9.17, 15) is 20.4 Å². The van der Waals surface area contributed by atoms with Gasteiger partial charge in [0.2, 0.25) is 0 Å². The molecule has 5 aliphatic carbocycles. The average molecular weight is 442 g/mol. The fraction of sp³-hybridized carbons (Fsp3) is 0.448. The van der Waals surface area contributed by atoms with Crippen molar-refractivity contribution in [1.82, 2.24) is 0 Å². The Morgan fingerprint density at radius 2 is 1.64 bits per heavy atom. The standard InChI is InChI=1S/C29H28O4/c30-21-5-3-16-8-19-12-28-14-27(11-17-4-6-23(31)25(32)24(17)28)22(7-15-1-2-15)26(27)29(28,33)13-20(19)9-18(16)10-21/h3-6,8-10,15,22,26,30-33H,1-2,7,11-14H2/p+1/t22?,26?,27?,28-,29?/m1/s1. The van der Waals surface area contributed by atoms with Crippen LogP contribution in [0.2, 0.25) is 0 Å². The monoisotopic (exact) mass is 441 g/mol. The van der Waals surface area contributed by atoms with Crippen LogP contribution < -0.4 is 0 Å². The normalized spacial score (nSPS) is 37.2. The van der Waals surface area contributed by atoms with Crippen LogP contribution in [0.4, 0.5) is 0 Å². The lowest BCUT2D eigenvalue weighted by Gasteiger charge is -2.49. The van der Waals surface area contributed by atoms with E-state index in [1.165, 1.54) is 30.4 Å². The zero-order chi connectivity index (χ0) is 22.3. The number of phenols is 3. The summed E-state index contributed by atoms with van der Waals surface area (Å²) in [5.74, 6) is 2.04. The van der Waals surface area contributed by atoms with E-state index in [0.29, 0.717) is 18.3 Å². The second-order valence-corrected chi connectivity index (χ2v) is 11.9. The number of benzene rings is 3. The van der Waals surface area contributed by atoms with Crippen LogP contribution in [0.25, 0.3) is 10.8 Å². The Bertz CT molecular complexity index is 1390. The predicted octanol–water partition coefficient (Wildman–Crippen LogP) is 4.45. The fourth-order valence-electron chi connectivity index (χ4n) is 8.95. The number of phenolic OH excluding ortho intramolecular Hbond substituents is 3. The zero-order valence-corrected chi connectivity index (χ0v) is 18.6. The second kappa shape index (κ2) is 5.50. The number of aromatic hydroxyl groups is 3. The lowest BCUT2D eigenvalue weighted by molar-refractivity contribution is -0.0568. The first-order chi connectivity index (χ1) is 15.8. The van der Waals surface area contributed by atoms with Gasteiger partial charge in [0.05, 0.1) is 5.41 Å². The molecule has 3 aromatic carbocycles. The molecule has 4 heteroatoms. The Hall–Kier alpha value is -2.72. The molecule has 0 amide bonds. The molecule has 0 aliphatic heterocycles. The fourth-order valence-corrected chi connectivity index (χ4v) is 8.95. The molecular formula is C29H29O4+. The van der Waals surface area contributed by atoms with Crippen molar-refractivity contribution in [2.45, 2.75) is 56.0 Å². The van der Waals surface area contributed by atoms with Crippen LogP contribution in [0.3, 0.4) is 0 Å². The van der Waals surface area contributed by atoms with Gasteiger partial charge in [-0.05, 0) is 88.6 Å². The van der Waals surface area contributed by atoms with Gasteiger partial charge < -0.3 is 20.4 Å². The van der Waals surface area contributed by atoms with Crippen molar-refractivity contribution >= 4 is 10.8 Å². The summed E-state index contributed by atoms with van der Waals surface area (Å²) in [6.45, 7) is 0. The molecule has 168 valence electrons. The van der Waals surface area contributed by atoms with Gasteiger partial charge in [0.25, 0.3) is 0 Å². The molecular weight excluding hydrogens is 412 g/mol. The highest BCUT2D eigenvalue weighted by atomic mass is 16.3. The summed E-state index contributed by atoms with van der Waals surface area (Å²) < 4.78 is 0. The molecule has 5 atom stereocenters. The quantitative estimate of drug-likeness (QED) is 0.406. The molecule has 5 N–H and O–H groups in total. The van der Waals surface area contributed by atoms with Gasteiger partial charge in [-0.2, -0.15) is 0 Å². The lowest BCUT2D eigenvalue weighted by Crippen LogP contribution is -2.57. The molecule has 3 fully saturated rings. The van der Waals surface area contributed by atoms with Gasteiger partial charge in [-0.1, -0.05) is 37.1 Å². The summed E-state index contributed by atoms with van der Waals surface area (Å²) in [6, 6.07) is 13.6. The Morgan fingerprint density at radius 3 is 2.45 bits per heavy atom. The maximum atomic E-state index is 11.1. The summed E-state index contributed by atoms with van der Waals surface area (Å²) in [6.07, 6.45) is 7.27. The summed E-state index contributed by atoms with van der Waals surface area (Å²) in [7, 11) is 0. The van der Waals surface area contributed by atoms with Crippen molar-refractivity contribution in [3.8, 4) is 17.2 Å². The minimum atomic E-state index is -0.680. The average Bonchev–Trinajstić information content (AvgIpc) is 3.68. The number of fused-ring (bicyclic) bond motifs is 4. The first kappa shape index (κ1) is 18.7. The lowest BCUT2D eigenvalue weighted by atomic mass is 9.54. The highest BCUT2D eigenvalue weighted by Gasteiger charge is 2.88. The van der Waals surface area contributed by atoms with Crippen molar-refractivity contribution in [3.63, 3.8) is 0 Å². The SMILES string of the molecule is Oc1ccc2cc3c(cc2c1)CC1([OH2+])C2C(CC4CC4)C24Cc2ccc(O)c(O)c2[C@@]1(C3)C4. The van der Waals surface area contributed by atoms with Gasteiger partial charge in [0.15, 0.2) is 17.1 Å². The van der Waals surface area contributed by atoms with Gasteiger partial charge in [-0.3, -0.25) is 0 Å². The van der Waals surface area contributed by atoms with E-state index in [1.807, 2.05) is 18.2 Å². The van der Waals surface area contributed by atoms with E-state index in [1.54, 1.807) is 12.1 Å². The first-order valence-corrected chi connectivity index (χ1v) is 12.4. The van der Waals surface area contributed by atoms with Crippen LogP contribution in [-0.2, 0) is 24.7 Å². The second-order valence-electron chi connectivity index (χ2n) is 11.9. The molecule has 0 saturated heterocycles. The third-order valence-corrected chi connectivity index (χ3v) is 10.3. The highest BCUT2D eigenvalue weighted by Crippen LogP contribution is 2.84. The molecule has 3 aromatic rings. The third-order valence-electron chi connectivity index (χ3n) is 10.3. The number of hydrogen-bond acceptors (Lipinski definition) is 3. The third kappa shape index (κ3) is 2.08. The smallest absolute Gasteiger partial charge is 0.181 e. The van der Waals surface area contributed by atoms with Crippen LogP contribution in [0, 0.1) is 23.2 Å². The van der Waals surface area contributed by atoms with Crippen molar-refractivity contribution in [2.75, 3.05) is 0 Å². The van der Waals surface area contributed by atoms with E-state index in [2.05, 4.69) is 12.1 Å². The molecule has 2 spiro atoms. The Balaban J connectivity index is 1.36. The predicted molar refractivity (Wildman–Crippen MR) is 126 cm³/mol. The summed E-state index contributed by atoms with van der Waals surface area (Å²) in [5, 5.41) is 43.8. The highest BCUT2D eigenvalue weighted by molar-refractivity contribution is 5.86. The molecule has 8 rings (SSSR count). The topological polar surface area (TPSA) is 83.6 Å². The van der Waals surface area contributed by atoms with Crippen LogP contribution in [0.1, 0.15) is 47.9 Å². The molecule has 4 unspecified atom stereocenters. The van der Waals surface area contributed by atoms with Gasteiger partial charge in [-0.25, -0.2) is 0 Å². The molecule has 5 aliphatic rings. The van der Waals surface area contributed by atoms with Crippen molar-refractivity contribution in [3.05, 3.63) is 64.7 Å². The zero-order valence-electron chi connectivity index (χ0n) is 18.6. The minimum Gasteiger partial charge on any atom is -0.508 e. The largest absolute Gasteiger partial charge is 0.508 e. The van der Waals surface area contributed by atoms with E-state index < -0.39 is 11.0 Å². The number of rotatable bonds is 2. The van der Waals surface area contributed by atoms with Crippen molar-refractivity contribution < 1.29 is 20.4 Å². The van der Waals surface area contributed by atoms with Crippen LogP contribution in [-0.4, -0.2) is 26.0 Å². The van der Waals surface area contributed by atoms with Gasteiger partial charge in [0.1, 0.15) is 5.75 Å². The van der Waals surface area contributed by atoms with Crippen molar-refractivity contribution in [1.29, 1.82) is 0 Å². The van der Waals surface area contributed by atoms with E-state index in [4.69, 9.17) is 0 Å². The molecule has 0 radical (unpaired) electrons. The van der Waals surface area contributed by atoms with E-state index in [-0.39, 0.29) is 22.7 Å². The van der Waals surface area contributed by atoms with Gasteiger partial charge in [-0.15, -0.1) is 0 Å². The molecule has 2 bridgehead atoms. The van der Waals surface area contributed by atoms with Crippen LogP contribution in [0.5, 0.6) is 17.2 Å². The number of hydrogen-bond donors (Lipinski definition) is 3. The van der Waals surface area contributed by atoms with Crippen molar-refractivity contribution in [2.24, 2.45) is 23.2 Å². The van der Waals surface area contributed by atoms with E-state index in [0.717, 1.165) is 47.1 Å². The molecule has 3 saturated carbocycles. The van der Waals surface area contributed by atoms with Gasteiger partial charge in [0, 0.05) is 17.9 Å². The summed E-state index contributed by atoms with van der Waals surface area (Å²) in [5.41, 5.74) is 3.53. The Labute approximate surface area is 192 Å². The van der Waals surface area contributed by atoms with E-state index >= 15 is 0 Å². The van der Waals surface area contributed by atoms with Crippen LogP contribution >= 0.6 is 0 Å². The molecule has 0 heterocycles. The minimum absolute atomic E-state index is 0.00757. The maximum absolute atomic E-state index is 11.1.